The fourth-order valence-corrected chi connectivity index (χ4v) is 1.93. The molecule has 2 rings (SSSR count). The van der Waals surface area contributed by atoms with Gasteiger partial charge in [0.1, 0.15) is 0 Å². The number of thiophene rings is 1. The summed E-state index contributed by atoms with van der Waals surface area (Å²) in [5.41, 5.74) is 0.664. The molecule has 1 aromatic heterocycles. The lowest BCUT2D eigenvalue weighted by molar-refractivity contribution is 0.563. The number of rotatable bonds is 1. The molecule has 0 fully saturated rings. The van der Waals surface area contributed by atoms with Gasteiger partial charge in [0.15, 0.2) is 0 Å². The van der Waals surface area contributed by atoms with Gasteiger partial charge in [0.05, 0.1) is 0 Å². The van der Waals surface area contributed by atoms with E-state index in [1.165, 1.54) is 0 Å². The largest absolute Gasteiger partial charge is 0.285 e. The second-order valence-electron chi connectivity index (χ2n) is 2.25. The summed E-state index contributed by atoms with van der Waals surface area (Å²) in [4.78, 5) is 10.4. The van der Waals surface area contributed by atoms with Gasteiger partial charge in [-0.1, -0.05) is 12.1 Å². The molecule has 0 amide bonds. The normalized spacial score (nSPS) is 10.2. The van der Waals surface area contributed by atoms with Gasteiger partial charge in [-0.2, -0.15) is 0 Å². The molecule has 0 bridgehead atoms. The van der Waals surface area contributed by atoms with E-state index in [4.69, 9.17) is 0 Å². The first kappa shape index (κ1) is 6.55. The van der Waals surface area contributed by atoms with Crippen LogP contribution in [-0.2, 0) is 4.79 Å². The van der Waals surface area contributed by atoms with Crippen molar-refractivity contribution in [2.75, 3.05) is 0 Å². The molecule has 1 nitrogen and oxygen atoms in total. The number of carbonyl (C=O) groups excluding carboxylic acids is 1. The zero-order valence-electron chi connectivity index (χ0n) is 5.70. The Morgan fingerprint density at radius 1 is 1.27 bits per heavy atom. The van der Waals surface area contributed by atoms with E-state index in [0.29, 0.717) is 5.56 Å². The average molecular weight is 161 g/mol. The number of fused-ring (bicyclic) bond motifs is 1. The highest BCUT2D eigenvalue weighted by molar-refractivity contribution is 7.17. The van der Waals surface area contributed by atoms with Crippen LogP contribution in [0, 0.1) is 0 Å². The van der Waals surface area contributed by atoms with Crippen LogP contribution in [0.15, 0.2) is 29.6 Å². The molecule has 0 aliphatic rings. The maximum Gasteiger partial charge on any atom is 0.235 e. The van der Waals surface area contributed by atoms with Crippen molar-refractivity contribution in [3.63, 3.8) is 0 Å². The third-order valence-corrected chi connectivity index (χ3v) is 2.55. The van der Waals surface area contributed by atoms with Crippen LogP contribution in [0.3, 0.4) is 0 Å². The van der Waals surface area contributed by atoms with Crippen LogP contribution < -0.4 is 0 Å². The Labute approximate surface area is 68.3 Å². The third kappa shape index (κ3) is 0.955. The number of hydrogen-bond acceptors (Lipinski definition) is 2. The molecule has 0 aliphatic heterocycles. The zero-order chi connectivity index (χ0) is 7.68. The fourth-order valence-electron chi connectivity index (χ4n) is 1.07. The number of benzene rings is 1. The lowest BCUT2D eigenvalue weighted by Gasteiger charge is -1.89. The van der Waals surface area contributed by atoms with Crippen molar-refractivity contribution < 1.29 is 4.79 Å². The molecule has 0 saturated carbocycles. The molecule has 0 atom stereocenters. The van der Waals surface area contributed by atoms with E-state index >= 15 is 0 Å². The van der Waals surface area contributed by atoms with Gasteiger partial charge in [0.2, 0.25) is 6.29 Å². The molecule has 11 heavy (non-hydrogen) atoms. The molecule has 53 valence electrons. The fraction of sp³-hybridized carbons (Fsp3) is 0. The Morgan fingerprint density at radius 3 is 3.00 bits per heavy atom. The summed E-state index contributed by atoms with van der Waals surface area (Å²) in [6.45, 7) is 0. The lowest BCUT2D eigenvalue weighted by atomic mass is 10.2. The summed E-state index contributed by atoms with van der Waals surface area (Å²) in [6, 6.07) is 7.65. The highest BCUT2D eigenvalue weighted by Gasteiger charge is 1.99. The first-order valence-electron chi connectivity index (χ1n) is 3.26. The molecule has 0 spiro atoms. The van der Waals surface area contributed by atoms with Gasteiger partial charge in [-0.3, -0.25) is 4.79 Å². The predicted molar refractivity (Wildman–Crippen MR) is 46.6 cm³/mol. The highest BCUT2D eigenvalue weighted by Crippen LogP contribution is 2.22. The van der Waals surface area contributed by atoms with Gasteiger partial charge in [-0.15, -0.1) is 11.3 Å². The van der Waals surface area contributed by atoms with Crippen molar-refractivity contribution in [2.45, 2.75) is 0 Å². The monoisotopic (exact) mass is 161 g/mol. The smallest absolute Gasteiger partial charge is 0.235 e. The first-order chi connectivity index (χ1) is 5.42. The van der Waals surface area contributed by atoms with E-state index in [9.17, 15) is 4.79 Å². The van der Waals surface area contributed by atoms with E-state index in [0.717, 1.165) is 10.1 Å². The maximum absolute atomic E-state index is 10.4. The van der Waals surface area contributed by atoms with E-state index in [-0.39, 0.29) is 0 Å². The summed E-state index contributed by atoms with van der Waals surface area (Å²) < 4.78 is 1.03. The molecule has 2 aromatic rings. The summed E-state index contributed by atoms with van der Waals surface area (Å²) in [5, 5.41) is 3.10. The highest BCUT2D eigenvalue weighted by atomic mass is 32.1. The first-order valence-corrected chi connectivity index (χ1v) is 4.14. The van der Waals surface area contributed by atoms with Gasteiger partial charge in [-0.25, -0.2) is 0 Å². The lowest BCUT2D eigenvalue weighted by Crippen LogP contribution is -1.77. The van der Waals surface area contributed by atoms with Crippen LogP contribution in [0.2, 0.25) is 0 Å². The average Bonchev–Trinajstić information content (AvgIpc) is 2.50. The Hall–Kier alpha value is -1.15. The Bertz CT molecular complexity index is 389. The van der Waals surface area contributed by atoms with Gasteiger partial charge < -0.3 is 0 Å². The van der Waals surface area contributed by atoms with Crippen LogP contribution in [0.25, 0.3) is 10.1 Å². The molecule has 1 heterocycles. The molecule has 0 N–H and O–H groups in total. The van der Waals surface area contributed by atoms with Crippen LogP contribution in [-0.4, -0.2) is 6.29 Å². The minimum atomic E-state index is 0.664. The summed E-state index contributed by atoms with van der Waals surface area (Å²) >= 11 is 1.58. The second-order valence-corrected chi connectivity index (χ2v) is 3.16. The van der Waals surface area contributed by atoms with E-state index in [2.05, 4.69) is 0 Å². The summed E-state index contributed by atoms with van der Waals surface area (Å²) in [7, 11) is 0. The Morgan fingerprint density at radius 2 is 2.18 bits per heavy atom. The second kappa shape index (κ2) is 2.47. The summed E-state index contributed by atoms with van der Waals surface area (Å²) in [6.07, 6.45) is 1.92. The molecular weight excluding hydrogens is 156 g/mol. The van der Waals surface area contributed by atoms with Gasteiger partial charge in [-0.05, 0) is 22.9 Å². The van der Waals surface area contributed by atoms with E-state index in [1.54, 1.807) is 17.4 Å². The molecule has 0 unspecified atom stereocenters. The zero-order valence-corrected chi connectivity index (χ0v) is 6.52. The molecule has 2 heteroatoms. The Kier molecular flexibility index (Phi) is 1.47. The molecule has 1 radical (unpaired) electrons. The maximum atomic E-state index is 10.4. The minimum Gasteiger partial charge on any atom is -0.285 e. The van der Waals surface area contributed by atoms with Crippen LogP contribution in [0.5, 0.6) is 0 Å². The van der Waals surface area contributed by atoms with Crippen molar-refractivity contribution >= 4 is 27.7 Å². The van der Waals surface area contributed by atoms with Gasteiger partial charge >= 0.3 is 0 Å². The van der Waals surface area contributed by atoms with Crippen molar-refractivity contribution in [2.24, 2.45) is 0 Å². The SMILES string of the molecule is O=[C]c1cccc2ccsc12. The number of hydrogen-bond donors (Lipinski definition) is 0. The molecule has 0 saturated heterocycles. The third-order valence-electron chi connectivity index (χ3n) is 1.59. The predicted octanol–water partition coefficient (Wildman–Crippen LogP) is 2.36. The van der Waals surface area contributed by atoms with E-state index in [1.807, 2.05) is 29.9 Å². The minimum absolute atomic E-state index is 0.664. The topological polar surface area (TPSA) is 17.1 Å². The van der Waals surface area contributed by atoms with E-state index < -0.39 is 0 Å². The molecule has 1 aromatic carbocycles. The van der Waals surface area contributed by atoms with Gasteiger partial charge in [0, 0.05) is 10.3 Å². The van der Waals surface area contributed by atoms with Crippen molar-refractivity contribution in [3.05, 3.63) is 35.2 Å². The summed E-state index contributed by atoms with van der Waals surface area (Å²) in [5.74, 6) is 0. The van der Waals surface area contributed by atoms with Crippen molar-refractivity contribution in [3.8, 4) is 0 Å². The van der Waals surface area contributed by atoms with Crippen LogP contribution >= 0.6 is 11.3 Å². The van der Waals surface area contributed by atoms with Crippen molar-refractivity contribution in [1.82, 2.24) is 0 Å². The van der Waals surface area contributed by atoms with Crippen LogP contribution in [0.4, 0.5) is 0 Å². The van der Waals surface area contributed by atoms with Gasteiger partial charge in [0.25, 0.3) is 0 Å². The van der Waals surface area contributed by atoms with Crippen LogP contribution in [0.1, 0.15) is 5.56 Å². The standard InChI is InChI=1S/C9H5OS/c10-6-8-3-1-2-7-4-5-11-9(7)8/h1-5H. The molecular formula is C9H5OS. The molecule has 0 aliphatic carbocycles. The van der Waals surface area contributed by atoms with Crippen molar-refractivity contribution in [1.29, 1.82) is 0 Å². The quantitative estimate of drug-likeness (QED) is 0.627. The Balaban J connectivity index is 2.88.